The topological polar surface area (TPSA) is 57.5 Å². The summed E-state index contributed by atoms with van der Waals surface area (Å²) in [6, 6.07) is 23.0. The summed E-state index contributed by atoms with van der Waals surface area (Å²) in [6.45, 7) is 0. The van der Waals surface area contributed by atoms with E-state index in [-0.39, 0.29) is 4.90 Å². The van der Waals surface area contributed by atoms with Crippen molar-refractivity contribution in [3.63, 3.8) is 0 Å². The molecular weight excluding hydrogens is 374 g/mol. The number of nitrogens with zero attached hydrogens (tertiary/aromatic N) is 1. The highest BCUT2D eigenvalue weighted by molar-refractivity contribution is 7.90. The molecule has 0 fully saturated rings. The van der Waals surface area contributed by atoms with Crippen LogP contribution in [0.25, 0.3) is 22.2 Å². The fourth-order valence-electron chi connectivity index (χ4n) is 3.28. The molecular formula is C22H19NO4S. The Bertz CT molecular complexity index is 1240. The monoisotopic (exact) mass is 393 g/mol. The molecule has 0 amide bonds. The van der Waals surface area contributed by atoms with Gasteiger partial charge in [0.1, 0.15) is 11.5 Å². The number of benzene rings is 3. The van der Waals surface area contributed by atoms with Crippen LogP contribution >= 0.6 is 0 Å². The maximum atomic E-state index is 13.5. The normalized spacial score (nSPS) is 11.5. The summed E-state index contributed by atoms with van der Waals surface area (Å²) in [6.07, 6.45) is 0. The van der Waals surface area contributed by atoms with Gasteiger partial charge in [-0.25, -0.2) is 12.4 Å². The second-order valence-corrected chi connectivity index (χ2v) is 8.02. The highest BCUT2D eigenvalue weighted by Gasteiger charge is 2.25. The van der Waals surface area contributed by atoms with Crippen molar-refractivity contribution in [2.45, 2.75) is 4.90 Å². The molecule has 0 aliphatic carbocycles. The number of ether oxygens (including phenoxy) is 2. The van der Waals surface area contributed by atoms with Crippen LogP contribution in [-0.2, 0) is 10.0 Å². The second kappa shape index (κ2) is 7.05. The first kappa shape index (κ1) is 18.1. The summed E-state index contributed by atoms with van der Waals surface area (Å²) in [5.74, 6) is 1.17. The van der Waals surface area contributed by atoms with E-state index in [9.17, 15) is 8.42 Å². The molecule has 6 heteroatoms. The van der Waals surface area contributed by atoms with Crippen molar-refractivity contribution in [3.05, 3.63) is 78.9 Å². The van der Waals surface area contributed by atoms with Gasteiger partial charge in [0.2, 0.25) is 0 Å². The molecule has 142 valence electrons. The molecule has 0 unspecified atom stereocenters. The zero-order valence-corrected chi connectivity index (χ0v) is 16.3. The predicted molar refractivity (Wildman–Crippen MR) is 110 cm³/mol. The van der Waals surface area contributed by atoms with Crippen molar-refractivity contribution in [1.29, 1.82) is 0 Å². The van der Waals surface area contributed by atoms with Crippen molar-refractivity contribution in [2.24, 2.45) is 0 Å². The number of hydrogen-bond acceptors (Lipinski definition) is 4. The minimum absolute atomic E-state index is 0.227. The molecule has 0 spiro atoms. The Hall–Kier alpha value is -3.25. The standard InChI is InChI=1S/C22H19NO4S/c1-26-17-12-13-19(22(15-17)27-2)21-14-16-8-6-7-11-20(16)23(21)28(24,25)18-9-4-3-5-10-18/h3-15H,1-2H3. The van der Waals surface area contributed by atoms with Crippen molar-refractivity contribution in [1.82, 2.24) is 3.97 Å². The van der Waals surface area contributed by atoms with Crippen molar-refractivity contribution < 1.29 is 17.9 Å². The molecule has 0 bridgehead atoms. The summed E-state index contributed by atoms with van der Waals surface area (Å²) in [5, 5.41) is 0.829. The maximum absolute atomic E-state index is 13.5. The molecule has 28 heavy (non-hydrogen) atoms. The lowest BCUT2D eigenvalue weighted by Gasteiger charge is -2.15. The SMILES string of the molecule is COc1ccc(-c2cc3ccccc3n2S(=O)(=O)c2ccccc2)c(OC)c1. The summed E-state index contributed by atoms with van der Waals surface area (Å²) < 4.78 is 39.2. The van der Waals surface area contributed by atoms with Gasteiger partial charge in [0.15, 0.2) is 0 Å². The molecule has 0 atom stereocenters. The first-order valence-electron chi connectivity index (χ1n) is 8.70. The Kier molecular flexibility index (Phi) is 4.57. The Morgan fingerprint density at radius 3 is 2.21 bits per heavy atom. The van der Waals surface area contributed by atoms with Crippen LogP contribution in [0.5, 0.6) is 11.5 Å². The number of methoxy groups -OCH3 is 2. The molecule has 4 rings (SSSR count). The Labute approximate surface area is 163 Å². The zero-order chi connectivity index (χ0) is 19.7. The first-order chi connectivity index (χ1) is 13.6. The van der Waals surface area contributed by atoms with Crippen molar-refractivity contribution in [2.75, 3.05) is 14.2 Å². The summed E-state index contributed by atoms with van der Waals surface area (Å²) >= 11 is 0. The fourth-order valence-corrected chi connectivity index (χ4v) is 4.83. The van der Waals surface area contributed by atoms with E-state index < -0.39 is 10.0 Å². The van der Waals surface area contributed by atoms with E-state index in [0.717, 1.165) is 5.39 Å². The molecule has 0 radical (unpaired) electrons. The third-order valence-electron chi connectivity index (χ3n) is 4.63. The molecule has 5 nitrogen and oxygen atoms in total. The van der Waals surface area contributed by atoms with E-state index in [1.807, 2.05) is 30.3 Å². The van der Waals surface area contributed by atoms with Crippen LogP contribution in [0.15, 0.2) is 83.8 Å². The number of hydrogen-bond donors (Lipinski definition) is 0. The van der Waals surface area contributed by atoms with Crippen molar-refractivity contribution in [3.8, 4) is 22.8 Å². The molecule has 0 saturated heterocycles. The van der Waals surface area contributed by atoms with Crippen LogP contribution in [0.3, 0.4) is 0 Å². The number of aromatic nitrogens is 1. The Morgan fingerprint density at radius 2 is 1.50 bits per heavy atom. The van der Waals surface area contributed by atoms with Crippen LogP contribution in [-0.4, -0.2) is 26.6 Å². The lowest BCUT2D eigenvalue weighted by molar-refractivity contribution is 0.395. The number of fused-ring (bicyclic) bond motifs is 1. The molecule has 0 N–H and O–H groups in total. The number of para-hydroxylation sites is 1. The predicted octanol–water partition coefficient (Wildman–Crippen LogP) is 4.56. The largest absolute Gasteiger partial charge is 0.497 e. The smallest absolute Gasteiger partial charge is 0.268 e. The van der Waals surface area contributed by atoms with E-state index in [4.69, 9.17) is 9.47 Å². The maximum Gasteiger partial charge on any atom is 0.268 e. The highest BCUT2D eigenvalue weighted by atomic mass is 32.2. The quantitative estimate of drug-likeness (QED) is 0.499. The number of rotatable bonds is 5. The molecule has 0 aliphatic rings. The van der Waals surface area contributed by atoms with Gasteiger partial charge < -0.3 is 9.47 Å². The molecule has 1 heterocycles. The fraction of sp³-hybridized carbons (Fsp3) is 0.0909. The lowest BCUT2D eigenvalue weighted by Crippen LogP contribution is -2.14. The van der Waals surface area contributed by atoms with Crippen molar-refractivity contribution >= 4 is 20.9 Å². The van der Waals surface area contributed by atoms with Gasteiger partial charge in [-0.2, -0.15) is 0 Å². The van der Waals surface area contributed by atoms with Crippen LogP contribution < -0.4 is 9.47 Å². The van der Waals surface area contributed by atoms with Gasteiger partial charge in [0.25, 0.3) is 10.0 Å². The van der Waals surface area contributed by atoms with E-state index in [0.29, 0.717) is 28.3 Å². The van der Waals surface area contributed by atoms with Gasteiger partial charge in [0.05, 0.1) is 30.3 Å². The summed E-state index contributed by atoms with van der Waals surface area (Å²) in [7, 11) is -0.685. The van der Waals surface area contributed by atoms with Gasteiger partial charge in [-0.3, -0.25) is 0 Å². The van der Waals surface area contributed by atoms with Gasteiger partial charge in [-0.1, -0.05) is 36.4 Å². The summed E-state index contributed by atoms with van der Waals surface area (Å²) in [4.78, 5) is 0.227. The van der Waals surface area contributed by atoms with Crippen LogP contribution in [0, 0.1) is 0 Å². The van der Waals surface area contributed by atoms with Crippen LogP contribution in [0.1, 0.15) is 0 Å². The second-order valence-electron chi connectivity index (χ2n) is 6.24. The highest BCUT2D eigenvalue weighted by Crippen LogP contribution is 2.38. The molecule has 0 aliphatic heterocycles. The van der Waals surface area contributed by atoms with Gasteiger partial charge in [-0.05, 0) is 36.4 Å². The zero-order valence-electron chi connectivity index (χ0n) is 15.5. The molecule has 0 saturated carbocycles. The Morgan fingerprint density at radius 1 is 0.786 bits per heavy atom. The Balaban J connectivity index is 2.06. The average molecular weight is 393 g/mol. The van der Waals surface area contributed by atoms with E-state index in [1.54, 1.807) is 62.8 Å². The van der Waals surface area contributed by atoms with Crippen LogP contribution in [0.4, 0.5) is 0 Å². The third-order valence-corrected chi connectivity index (χ3v) is 6.37. The van der Waals surface area contributed by atoms with E-state index >= 15 is 0 Å². The van der Waals surface area contributed by atoms with Gasteiger partial charge in [0, 0.05) is 17.0 Å². The molecule has 1 aromatic heterocycles. The minimum Gasteiger partial charge on any atom is -0.497 e. The van der Waals surface area contributed by atoms with Gasteiger partial charge in [-0.15, -0.1) is 0 Å². The lowest BCUT2D eigenvalue weighted by atomic mass is 10.1. The van der Waals surface area contributed by atoms with E-state index in [2.05, 4.69) is 0 Å². The van der Waals surface area contributed by atoms with Gasteiger partial charge >= 0.3 is 0 Å². The minimum atomic E-state index is -3.81. The molecule has 3 aromatic carbocycles. The first-order valence-corrected chi connectivity index (χ1v) is 10.1. The third kappa shape index (κ3) is 2.92. The average Bonchev–Trinajstić information content (AvgIpc) is 3.14. The summed E-state index contributed by atoms with van der Waals surface area (Å²) in [5.41, 5.74) is 1.81. The van der Waals surface area contributed by atoms with Crippen LogP contribution in [0.2, 0.25) is 0 Å². The molecule has 4 aromatic rings. The van der Waals surface area contributed by atoms with E-state index in [1.165, 1.54) is 3.97 Å².